The van der Waals surface area contributed by atoms with Gasteiger partial charge >= 0.3 is 0 Å². The number of allylic oxidation sites excluding steroid dienone is 1. The van der Waals surface area contributed by atoms with Gasteiger partial charge < -0.3 is 0 Å². The summed E-state index contributed by atoms with van der Waals surface area (Å²) >= 11 is 5.63. The Balaban J connectivity index is 2.55. The topological polar surface area (TPSA) is 24.8 Å². The fourth-order valence-electron chi connectivity index (χ4n) is 0.529. The second-order valence-electron chi connectivity index (χ2n) is 1.49. The van der Waals surface area contributed by atoms with Gasteiger partial charge in [0.25, 0.3) is 0 Å². The standard InChI is InChI=1S/C5H7ClN2O/c1-9-8-4-2-3-7-5(8)6/h2-5H,1H3. The number of nitrogens with zero attached hydrogens (tertiary/aromatic N) is 2. The molecule has 4 heteroatoms. The zero-order valence-electron chi connectivity index (χ0n) is 4.99. The van der Waals surface area contributed by atoms with Crippen molar-refractivity contribution < 1.29 is 4.84 Å². The van der Waals surface area contributed by atoms with Crippen molar-refractivity contribution in [2.24, 2.45) is 4.99 Å². The highest BCUT2D eigenvalue weighted by molar-refractivity contribution is 6.20. The summed E-state index contributed by atoms with van der Waals surface area (Å²) in [6, 6.07) is 0. The molecule has 1 rings (SSSR count). The summed E-state index contributed by atoms with van der Waals surface area (Å²) in [5.41, 5.74) is -0.417. The molecule has 0 aromatic carbocycles. The molecule has 1 aliphatic rings. The summed E-state index contributed by atoms with van der Waals surface area (Å²) < 4.78 is 0. The Bertz CT molecular complexity index is 146. The van der Waals surface area contributed by atoms with E-state index in [1.807, 2.05) is 0 Å². The van der Waals surface area contributed by atoms with Gasteiger partial charge in [0.15, 0.2) is 0 Å². The van der Waals surface area contributed by atoms with E-state index in [1.54, 1.807) is 25.6 Å². The van der Waals surface area contributed by atoms with Crippen LogP contribution in [0, 0.1) is 0 Å². The van der Waals surface area contributed by atoms with Crippen molar-refractivity contribution in [1.29, 1.82) is 0 Å². The molecule has 0 saturated carbocycles. The maximum atomic E-state index is 5.63. The summed E-state index contributed by atoms with van der Waals surface area (Å²) in [5.74, 6) is 0. The van der Waals surface area contributed by atoms with Gasteiger partial charge in [-0.2, -0.15) is 0 Å². The monoisotopic (exact) mass is 146 g/mol. The van der Waals surface area contributed by atoms with Crippen LogP contribution in [0.25, 0.3) is 0 Å². The second-order valence-corrected chi connectivity index (χ2v) is 1.88. The quantitative estimate of drug-likeness (QED) is 0.407. The Morgan fingerprint density at radius 1 is 1.78 bits per heavy atom. The van der Waals surface area contributed by atoms with Crippen molar-refractivity contribution >= 4 is 17.8 Å². The first-order valence-electron chi connectivity index (χ1n) is 2.51. The molecule has 1 heterocycles. The Hall–Kier alpha value is -0.540. The molecule has 50 valence electrons. The van der Waals surface area contributed by atoms with Gasteiger partial charge in [0.1, 0.15) is 0 Å². The molecule has 0 spiro atoms. The Kier molecular flexibility index (Phi) is 2.08. The van der Waals surface area contributed by atoms with Crippen molar-refractivity contribution in [2.45, 2.75) is 5.62 Å². The van der Waals surface area contributed by atoms with Gasteiger partial charge in [-0.05, 0) is 6.08 Å². The zero-order valence-corrected chi connectivity index (χ0v) is 5.75. The summed E-state index contributed by atoms with van der Waals surface area (Å²) in [4.78, 5) is 8.64. The van der Waals surface area contributed by atoms with Crippen molar-refractivity contribution in [2.75, 3.05) is 7.11 Å². The molecule has 0 aliphatic carbocycles. The molecule has 0 bridgehead atoms. The normalized spacial score (nSPS) is 25.1. The van der Waals surface area contributed by atoms with Crippen molar-refractivity contribution in [3.05, 3.63) is 12.3 Å². The Labute approximate surface area is 58.5 Å². The highest BCUT2D eigenvalue weighted by atomic mass is 35.5. The number of aliphatic imine (C=N–C) groups is 1. The molecule has 1 unspecified atom stereocenters. The van der Waals surface area contributed by atoms with Gasteiger partial charge in [-0.15, -0.1) is 0 Å². The molecule has 0 N–H and O–H groups in total. The molecular weight excluding hydrogens is 140 g/mol. The smallest absolute Gasteiger partial charge is 0.219 e. The third-order valence-corrected chi connectivity index (χ3v) is 1.25. The summed E-state index contributed by atoms with van der Waals surface area (Å²) in [5, 5.41) is 1.45. The van der Waals surface area contributed by atoms with Crippen molar-refractivity contribution in [3.63, 3.8) is 0 Å². The van der Waals surface area contributed by atoms with Gasteiger partial charge in [0.2, 0.25) is 5.62 Å². The van der Waals surface area contributed by atoms with Crippen LogP contribution in [0.3, 0.4) is 0 Å². The minimum absolute atomic E-state index is 0.417. The first-order chi connectivity index (χ1) is 4.34. The predicted molar refractivity (Wildman–Crippen MR) is 36.1 cm³/mol. The zero-order chi connectivity index (χ0) is 6.69. The van der Waals surface area contributed by atoms with Crippen LogP contribution in [0.2, 0.25) is 0 Å². The van der Waals surface area contributed by atoms with Gasteiger partial charge in [0.05, 0.1) is 7.11 Å². The van der Waals surface area contributed by atoms with Crippen LogP contribution in [0.4, 0.5) is 0 Å². The first-order valence-corrected chi connectivity index (χ1v) is 2.94. The number of hydrogen-bond acceptors (Lipinski definition) is 3. The third-order valence-electron chi connectivity index (χ3n) is 0.949. The van der Waals surface area contributed by atoms with Crippen LogP contribution < -0.4 is 0 Å². The Morgan fingerprint density at radius 2 is 2.56 bits per heavy atom. The number of halogens is 1. The third kappa shape index (κ3) is 1.43. The molecule has 1 aliphatic heterocycles. The lowest BCUT2D eigenvalue weighted by molar-refractivity contribution is -0.0976. The van der Waals surface area contributed by atoms with Crippen LogP contribution in [-0.4, -0.2) is 24.0 Å². The van der Waals surface area contributed by atoms with Gasteiger partial charge in [-0.3, -0.25) is 9.83 Å². The van der Waals surface area contributed by atoms with Crippen LogP contribution in [-0.2, 0) is 4.84 Å². The summed E-state index contributed by atoms with van der Waals surface area (Å²) in [6.07, 6.45) is 5.10. The number of alkyl halides is 1. The molecule has 0 amide bonds. The number of hydrogen-bond donors (Lipinski definition) is 0. The largest absolute Gasteiger partial charge is 0.274 e. The Morgan fingerprint density at radius 3 is 3.00 bits per heavy atom. The lowest BCUT2D eigenvalue weighted by Gasteiger charge is -2.20. The predicted octanol–water partition coefficient (Wildman–Crippen LogP) is 0.970. The second kappa shape index (κ2) is 2.85. The van der Waals surface area contributed by atoms with Gasteiger partial charge in [-0.25, -0.2) is 5.06 Å². The van der Waals surface area contributed by atoms with Crippen LogP contribution >= 0.6 is 11.6 Å². The molecule has 9 heavy (non-hydrogen) atoms. The molecule has 0 fully saturated rings. The van der Waals surface area contributed by atoms with Gasteiger partial charge in [-0.1, -0.05) is 11.6 Å². The van der Waals surface area contributed by atoms with Crippen molar-refractivity contribution in [1.82, 2.24) is 5.06 Å². The summed E-state index contributed by atoms with van der Waals surface area (Å²) in [7, 11) is 1.54. The number of hydroxylamine groups is 2. The van der Waals surface area contributed by atoms with E-state index in [1.165, 1.54) is 5.06 Å². The fourth-order valence-corrected chi connectivity index (χ4v) is 0.738. The van der Waals surface area contributed by atoms with E-state index < -0.39 is 5.62 Å². The highest BCUT2D eigenvalue weighted by Crippen LogP contribution is 2.08. The van der Waals surface area contributed by atoms with Crippen LogP contribution in [0.15, 0.2) is 17.3 Å². The molecule has 1 atom stereocenters. The van der Waals surface area contributed by atoms with E-state index in [9.17, 15) is 0 Å². The van der Waals surface area contributed by atoms with E-state index in [0.29, 0.717) is 0 Å². The van der Waals surface area contributed by atoms with Crippen molar-refractivity contribution in [3.8, 4) is 0 Å². The van der Waals surface area contributed by atoms with E-state index in [2.05, 4.69) is 4.99 Å². The van der Waals surface area contributed by atoms with Crippen LogP contribution in [0.5, 0.6) is 0 Å². The molecule has 0 saturated heterocycles. The lowest BCUT2D eigenvalue weighted by atomic mass is 10.6. The van der Waals surface area contributed by atoms with E-state index in [4.69, 9.17) is 16.4 Å². The summed E-state index contributed by atoms with van der Waals surface area (Å²) in [6.45, 7) is 0. The van der Waals surface area contributed by atoms with E-state index >= 15 is 0 Å². The van der Waals surface area contributed by atoms with E-state index in [-0.39, 0.29) is 0 Å². The maximum Gasteiger partial charge on any atom is 0.219 e. The fraction of sp³-hybridized carbons (Fsp3) is 0.400. The molecule has 0 radical (unpaired) electrons. The maximum absolute atomic E-state index is 5.63. The number of rotatable bonds is 1. The first kappa shape index (κ1) is 6.58. The molecule has 3 nitrogen and oxygen atoms in total. The minimum atomic E-state index is -0.417. The lowest BCUT2D eigenvalue weighted by Crippen LogP contribution is -2.25. The average Bonchev–Trinajstić information content (AvgIpc) is 1.89. The van der Waals surface area contributed by atoms with Crippen LogP contribution in [0.1, 0.15) is 0 Å². The molecule has 0 aromatic heterocycles. The average molecular weight is 147 g/mol. The minimum Gasteiger partial charge on any atom is -0.274 e. The van der Waals surface area contributed by atoms with E-state index in [0.717, 1.165) is 0 Å². The van der Waals surface area contributed by atoms with Gasteiger partial charge in [0, 0.05) is 12.4 Å². The SMILES string of the molecule is CON1C=CC=NC1Cl. The molecular formula is C5H7ClN2O. The highest BCUT2D eigenvalue weighted by Gasteiger charge is 2.09. The molecule has 0 aromatic rings.